The Kier molecular flexibility index (Phi) is 9.49. The van der Waals surface area contributed by atoms with E-state index in [1.165, 1.54) is 0 Å². The van der Waals surface area contributed by atoms with Crippen molar-refractivity contribution in [3.05, 3.63) is 69.7 Å². The van der Waals surface area contributed by atoms with Crippen molar-refractivity contribution in [2.24, 2.45) is 0 Å². The number of carbonyl (C=O) groups excluding carboxylic acids is 2. The molecule has 0 aliphatic rings. The highest BCUT2D eigenvalue weighted by Gasteiger charge is 2.25. The first-order valence-corrected chi connectivity index (χ1v) is 10.7. The maximum absolute atomic E-state index is 13.1. The van der Waals surface area contributed by atoms with Crippen LogP contribution < -0.4 is 5.32 Å². The SMILES string of the molecule is CCCCNC(=O)C(C)N(Cc1ccc(Cl)cc1)C(=O)CCc1ccccc1Cl. The van der Waals surface area contributed by atoms with Crippen LogP contribution in [0.1, 0.15) is 44.2 Å². The number of halogens is 2. The van der Waals surface area contributed by atoms with Crippen molar-refractivity contribution in [2.45, 2.75) is 52.1 Å². The number of aryl methyl sites for hydroxylation is 1. The van der Waals surface area contributed by atoms with E-state index in [1.54, 1.807) is 24.0 Å². The van der Waals surface area contributed by atoms with E-state index in [-0.39, 0.29) is 18.2 Å². The van der Waals surface area contributed by atoms with Gasteiger partial charge in [0.15, 0.2) is 0 Å². The molecule has 0 saturated heterocycles. The molecule has 0 bridgehead atoms. The molecule has 1 unspecified atom stereocenters. The minimum atomic E-state index is -0.568. The first-order chi connectivity index (χ1) is 13.9. The molecule has 1 N–H and O–H groups in total. The van der Waals surface area contributed by atoms with Crippen molar-refractivity contribution in [2.75, 3.05) is 6.54 Å². The Hall–Kier alpha value is -2.04. The number of hydrogen-bond donors (Lipinski definition) is 1. The van der Waals surface area contributed by atoms with Crippen LogP contribution in [0.25, 0.3) is 0 Å². The van der Waals surface area contributed by atoms with Crippen LogP contribution in [0.5, 0.6) is 0 Å². The van der Waals surface area contributed by atoms with Crippen LogP contribution in [-0.4, -0.2) is 29.3 Å². The van der Waals surface area contributed by atoms with E-state index in [2.05, 4.69) is 12.2 Å². The molecule has 6 heteroatoms. The number of unbranched alkanes of at least 4 members (excludes halogenated alkanes) is 1. The summed E-state index contributed by atoms with van der Waals surface area (Å²) in [6.07, 6.45) is 2.72. The summed E-state index contributed by atoms with van der Waals surface area (Å²) in [6.45, 7) is 4.80. The molecule has 2 aromatic carbocycles. The van der Waals surface area contributed by atoms with E-state index in [4.69, 9.17) is 23.2 Å². The molecule has 2 rings (SSSR count). The molecule has 4 nitrogen and oxygen atoms in total. The van der Waals surface area contributed by atoms with Crippen molar-refractivity contribution < 1.29 is 9.59 Å². The molecule has 0 heterocycles. The first-order valence-electron chi connectivity index (χ1n) is 9.97. The third-order valence-corrected chi connectivity index (χ3v) is 5.45. The van der Waals surface area contributed by atoms with Crippen molar-refractivity contribution in [1.82, 2.24) is 10.2 Å². The molecule has 0 aromatic heterocycles. The van der Waals surface area contributed by atoms with Gasteiger partial charge in [-0.25, -0.2) is 0 Å². The summed E-state index contributed by atoms with van der Waals surface area (Å²) in [5.41, 5.74) is 1.85. The molecule has 0 saturated carbocycles. The quantitative estimate of drug-likeness (QED) is 0.518. The Balaban J connectivity index is 2.11. The van der Waals surface area contributed by atoms with Gasteiger partial charge in [0.25, 0.3) is 0 Å². The van der Waals surface area contributed by atoms with Crippen LogP contribution in [0.15, 0.2) is 48.5 Å². The Bertz CT molecular complexity index is 809. The number of nitrogens with zero attached hydrogens (tertiary/aromatic N) is 1. The van der Waals surface area contributed by atoms with E-state index in [0.29, 0.717) is 29.6 Å². The van der Waals surface area contributed by atoms with E-state index in [9.17, 15) is 9.59 Å². The van der Waals surface area contributed by atoms with Gasteiger partial charge in [0.2, 0.25) is 11.8 Å². The average Bonchev–Trinajstić information content (AvgIpc) is 2.72. The van der Waals surface area contributed by atoms with Gasteiger partial charge < -0.3 is 10.2 Å². The monoisotopic (exact) mass is 434 g/mol. The van der Waals surface area contributed by atoms with Gasteiger partial charge in [-0.2, -0.15) is 0 Å². The van der Waals surface area contributed by atoms with Crippen LogP contribution in [0, 0.1) is 0 Å². The summed E-state index contributed by atoms with van der Waals surface area (Å²) in [5, 5.41) is 4.20. The maximum Gasteiger partial charge on any atom is 0.242 e. The molecular weight excluding hydrogens is 407 g/mol. The van der Waals surface area contributed by atoms with Gasteiger partial charge in [-0.05, 0) is 49.1 Å². The van der Waals surface area contributed by atoms with E-state index < -0.39 is 6.04 Å². The minimum absolute atomic E-state index is 0.0852. The topological polar surface area (TPSA) is 49.4 Å². The second-order valence-electron chi connectivity index (χ2n) is 7.06. The number of carbonyl (C=O) groups is 2. The molecule has 0 radical (unpaired) electrons. The van der Waals surface area contributed by atoms with Gasteiger partial charge in [0.05, 0.1) is 0 Å². The second kappa shape index (κ2) is 11.8. The molecular formula is C23H28Cl2N2O2. The van der Waals surface area contributed by atoms with Crippen molar-refractivity contribution in [1.29, 1.82) is 0 Å². The Morgan fingerprint density at radius 2 is 1.76 bits per heavy atom. The lowest BCUT2D eigenvalue weighted by molar-refractivity contribution is -0.140. The summed E-state index contributed by atoms with van der Waals surface area (Å²) in [5.74, 6) is -0.225. The third kappa shape index (κ3) is 7.37. The van der Waals surface area contributed by atoms with E-state index in [0.717, 1.165) is 24.0 Å². The molecule has 0 aliphatic carbocycles. The lowest BCUT2D eigenvalue weighted by Crippen LogP contribution is -2.47. The molecule has 0 fully saturated rings. The van der Waals surface area contributed by atoms with Gasteiger partial charge in [-0.15, -0.1) is 0 Å². The molecule has 156 valence electrons. The lowest BCUT2D eigenvalue weighted by Gasteiger charge is -2.29. The third-order valence-electron chi connectivity index (χ3n) is 4.83. The largest absolute Gasteiger partial charge is 0.354 e. The molecule has 29 heavy (non-hydrogen) atoms. The highest BCUT2D eigenvalue weighted by Crippen LogP contribution is 2.19. The zero-order valence-corrected chi connectivity index (χ0v) is 18.5. The summed E-state index contributed by atoms with van der Waals surface area (Å²) >= 11 is 12.2. The maximum atomic E-state index is 13.1. The van der Waals surface area contributed by atoms with Gasteiger partial charge in [-0.1, -0.05) is 66.9 Å². The highest BCUT2D eigenvalue weighted by atomic mass is 35.5. The molecule has 0 aliphatic heterocycles. The normalized spacial score (nSPS) is 11.7. The van der Waals surface area contributed by atoms with E-state index >= 15 is 0 Å². The number of amides is 2. The van der Waals surface area contributed by atoms with Gasteiger partial charge >= 0.3 is 0 Å². The standard InChI is InChI=1S/C23H28Cl2N2O2/c1-3-4-15-26-23(29)17(2)27(16-18-9-12-20(24)13-10-18)22(28)14-11-19-7-5-6-8-21(19)25/h5-10,12-13,17H,3-4,11,14-16H2,1-2H3,(H,26,29). The molecule has 2 amide bonds. The highest BCUT2D eigenvalue weighted by molar-refractivity contribution is 6.31. The minimum Gasteiger partial charge on any atom is -0.354 e. The summed E-state index contributed by atoms with van der Waals surface area (Å²) in [7, 11) is 0. The Labute approximate surface area is 183 Å². The second-order valence-corrected chi connectivity index (χ2v) is 7.90. The van der Waals surface area contributed by atoms with Gasteiger partial charge in [-0.3, -0.25) is 9.59 Å². The van der Waals surface area contributed by atoms with Crippen LogP contribution in [0.2, 0.25) is 10.0 Å². The fraction of sp³-hybridized carbons (Fsp3) is 0.391. The van der Waals surface area contributed by atoms with Gasteiger partial charge in [0, 0.05) is 29.6 Å². The number of benzene rings is 2. The van der Waals surface area contributed by atoms with Crippen LogP contribution in [0.4, 0.5) is 0 Å². The molecule has 2 aromatic rings. The van der Waals surface area contributed by atoms with Crippen LogP contribution >= 0.6 is 23.2 Å². The van der Waals surface area contributed by atoms with Crippen molar-refractivity contribution >= 4 is 35.0 Å². The average molecular weight is 435 g/mol. The summed E-state index contributed by atoms with van der Waals surface area (Å²) in [6, 6.07) is 14.3. The number of hydrogen-bond acceptors (Lipinski definition) is 2. The zero-order chi connectivity index (χ0) is 21.2. The molecule has 1 atom stereocenters. The van der Waals surface area contributed by atoms with E-state index in [1.807, 2.05) is 36.4 Å². The Morgan fingerprint density at radius 1 is 1.07 bits per heavy atom. The van der Waals surface area contributed by atoms with Crippen LogP contribution in [-0.2, 0) is 22.6 Å². The molecule has 0 spiro atoms. The summed E-state index contributed by atoms with van der Waals surface area (Å²) < 4.78 is 0. The van der Waals surface area contributed by atoms with Crippen molar-refractivity contribution in [3.63, 3.8) is 0 Å². The smallest absolute Gasteiger partial charge is 0.242 e. The fourth-order valence-corrected chi connectivity index (χ4v) is 3.35. The number of rotatable bonds is 10. The Morgan fingerprint density at radius 3 is 2.41 bits per heavy atom. The lowest BCUT2D eigenvalue weighted by atomic mass is 10.1. The van der Waals surface area contributed by atoms with Gasteiger partial charge in [0.1, 0.15) is 6.04 Å². The van der Waals surface area contributed by atoms with Crippen molar-refractivity contribution in [3.8, 4) is 0 Å². The fourth-order valence-electron chi connectivity index (χ4n) is 2.99. The zero-order valence-electron chi connectivity index (χ0n) is 17.0. The summed E-state index contributed by atoms with van der Waals surface area (Å²) in [4.78, 5) is 27.3. The predicted molar refractivity (Wildman–Crippen MR) is 119 cm³/mol. The first kappa shape index (κ1) is 23.2. The number of nitrogens with one attached hydrogen (secondary N) is 1. The predicted octanol–water partition coefficient (Wildman–Crippen LogP) is 5.26. The van der Waals surface area contributed by atoms with Crippen LogP contribution in [0.3, 0.4) is 0 Å².